The molecule has 5 heteroatoms. The van der Waals surface area contributed by atoms with Crippen molar-refractivity contribution in [1.29, 1.82) is 0 Å². The largest absolute Gasteiger partial charge is 0.338 e. The van der Waals surface area contributed by atoms with Crippen molar-refractivity contribution >= 4 is 28.0 Å². The Bertz CT molecular complexity index is 415. The normalized spacial score (nSPS) is 10.9. The quantitative estimate of drug-likeness (QED) is 0.790. The van der Waals surface area contributed by atoms with Crippen molar-refractivity contribution in [2.75, 3.05) is 27.2 Å². The first kappa shape index (κ1) is 15.7. The molecule has 4 nitrogen and oxygen atoms in total. The van der Waals surface area contributed by atoms with Crippen molar-refractivity contribution in [3.63, 3.8) is 0 Å². The molecule has 104 valence electrons. The van der Waals surface area contributed by atoms with Gasteiger partial charge >= 0.3 is 6.03 Å². The van der Waals surface area contributed by atoms with Gasteiger partial charge in [-0.1, -0.05) is 28.1 Å². The van der Waals surface area contributed by atoms with E-state index in [1.54, 1.807) is 6.20 Å². The molecule has 0 bridgehead atoms. The molecule has 0 aliphatic heterocycles. The molecule has 0 heterocycles. The number of nitrogens with one attached hydrogen (secondary N) is 2. The molecule has 2 N–H and O–H groups in total. The smallest absolute Gasteiger partial charge is 0.318 e. The van der Waals surface area contributed by atoms with Crippen LogP contribution in [-0.4, -0.2) is 38.1 Å². The maximum absolute atomic E-state index is 11.4. The topological polar surface area (TPSA) is 44.4 Å². The monoisotopic (exact) mass is 325 g/mol. The molecule has 0 radical (unpaired) electrons. The van der Waals surface area contributed by atoms with Crippen molar-refractivity contribution in [1.82, 2.24) is 15.5 Å². The van der Waals surface area contributed by atoms with E-state index < -0.39 is 0 Å². The standard InChI is InChI=1S/C14H20BrN3O/c1-18(2)11-3-9-16-14(19)17-10-8-12-4-6-13(15)7-5-12/h4-8,10H,3,9,11H2,1-2H3,(H2,16,17,19)/b10-8+. The van der Waals surface area contributed by atoms with E-state index in [-0.39, 0.29) is 6.03 Å². The first-order valence-corrected chi connectivity index (χ1v) is 6.98. The molecule has 2 amide bonds. The van der Waals surface area contributed by atoms with E-state index in [1.807, 2.05) is 44.4 Å². The van der Waals surface area contributed by atoms with Crippen molar-refractivity contribution in [2.45, 2.75) is 6.42 Å². The first-order chi connectivity index (χ1) is 9.08. The lowest BCUT2D eigenvalue weighted by atomic mass is 10.2. The minimum absolute atomic E-state index is 0.174. The fourth-order valence-corrected chi connectivity index (χ4v) is 1.70. The van der Waals surface area contributed by atoms with Crippen molar-refractivity contribution in [2.24, 2.45) is 0 Å². The lowest BCUT2D eigenvalue weighted by Gasteiger charge is -2.09. The number of nitrogens with zero attached hydrogens (tertiary/aromatic N) is 1. The summed E-state index contributed by atoms with van der Waals surface area (Å²) in [7, 11) is 4.03. The van der Waals surface area contributed by atoms with Gasteiger partial charge in [0.15, 0.2) is 0 Å². The molecule has 1 rings (SSSR count). The second-order valence-electron chi connectivity index (χ2n) is 4.44. The Morgan fingerprint density at radius 3 is 2.63 bits per heavy atom. The van der Waals surface area contributed by atoms with E-state index in [0.29, 0.717) is 6.54 Å². The van der Waals surface area contributed by atoms with Crippen LogP contribution < -0.4 is 10.6 Å². The highest BCUT2D eigenvalue weighted by Gasteiger charge is 1.96. The summed E-state index contributed by atoms with van der Waals surface area (Å²) >= 11 is 3.37. The molecule has 1 aromatic rings. The van der Waals surface area contributed by atoms with Crippen LogP contribution in [0.25, 0.3) is 6.08 Å². The van der Waals surface area contributed by atoms with Gasteiger partial charge in [-0.25, -0.2) is 4.79 Å². The molecule has 0 aromatic heterocycles. The van der Waals surface area contributed by atoms with Gasteiger partial charge in [0, 0.05) is 17.2 Å². The summed E-state index contributed by atoms with van der Waals surface area (Å²) in [5.74, 6) is 0. The summed E-state index contributed by atoms with van der Waals surface area (Å²) in [6, 6.07) is 7.68. The number of halogens is 1. The number of benzene rings is 1. The van der Waals surface area contributed by atoms with Crippen LogP contribution in [0.3, 0.4) is 0 Å². The van der Waals surface area contributed by atoms with E-state index in [2.05, 4.69) is 31.5 Å². The highest BCUT2D eigenvalue weighted by molar-refractivity contribution is 9.10. The number of carbonyl (C=O) groups excluding carboxylic acids is 1. The molecule has 0 saturated heterocycles. The molecule has 0 unspecified atom stereocenters. The Hall–Kier alpha value is -1.33. The van der Waals surface area contributed by atoms with Gasteiger partial charge in [0.05, 0.1) is 0 Å². The minimum atomic E-state index is -0.174. The van der Waals surface area contributed by atoms with Crippen molar-refractivity contribution < 1.29 is 4.79 Å². The lowest BCUT2D eigenvalue weighted by Crippen LogP contribution is -2.33. The van der Waals surface area contributed by atoms with E-state index in [1.165, 1.54) is 0 Å². The zero-order valence-corrected chi connectivity index (χ0v) is 12.9. The van der Waals surface area contributed by atoms with Crippen LogP contribution in [0.4, 0.5) is 4.79 Å². The number of hydrogen-bond acceptors (Lipinski definition) is 2. The van der Waals surface area contributed by atoms with E-state index in [4.69, 9.17) is 0 Å². The van der Waals surface area contributed by atoms with Gasteiger partial charge < -0.3 is 15.5 Å². The van der Waals surface area contributed by atoms with Crippen LogP contribution in [-0.2, 0) is 0 Å². The van der Waals surface area contributed by atoms with Gasteiger partial charge in [0.25, 0.3) is 0 Å². The van der Waals surface area contributed by atoms with Gasteiger partial charge in [0.1, 0.15) is 0 Å². The van der Waals surface area contributed by atoms with Gasteiger partial charge in [0.2, 0.25) is 0 Å². The van der Waals surface area contributed by atoms with E-state index in [0.717, 1.165) is 23.0 Å². The van der Waals surface area contributed by atoms with E-state index >= 15 is 0 Å². The molecule has 0 saturated carbocycles. The van der Waals surface area contributed by atoms with Crippen LogP contribution in [0.1, 0.15) is 12.0 Å². The van der Waals surface area contributed by atoms with Crippen molar-refractivity contribution in [3.8, 4) is 0 Å². The van der Waals surface area contributed by atoms with Gasteiger partial charge in [-0.15, -0.1) is 0 Å². The van der Waals surface area contributed by atoms with Crippen LogP contribution in [0.15, 0.2) is 34.9 Å². The Morgan fingerprint density at radius 1 is 1.32 bits per heavy atom. The summed E-state index contributed by atoms with van der Waals surface area (Å²) in [5.41, 5.74) is 1.04. The SMILES string of the molecule is CN(C)CCCNC(=O)N/C=C/c1ccc(Br)cc1. The third kappa shape index (κ3) is 7.64. The second kappa shape index (κ2) is 8.72. The molecule has 0 aliphatic carbocycles. The first-order valence-electron chi connectivity index (χ1n) is 6.19. The third-order valence-corrected chi connectivity index (χ3v) is 2.96. The molecule has 0 spiro atoms. The van der Waals surface area contributed by atoms with Crippen molar-refractivity contribution in [3.05, 3.63) is 40.5 Å². The molecule has 0 aliphatic rings. The fraction of sp³-hybridized carbons (Fsp3) is 0.357. The summed E-state index contributed by atoms with van der Waals surface area (Å²) in [5, 5.41) is 5.48. The van der Waals surface area contributed by atoms with Gasteiger partial charge in [-0.05, 0) is 50.8 Å². The Balaban J connectivity index is 2.20. The van der Waals surface area contributed by atoms with Crippen LogP contribution >= 0.6 is 15.9 Å². The number of urea groups is 1. The molecule has 1 aromatic carbocycles. The highest BCUT2D eigenvalue weighted by atomic mass is 79.9. The van der Waals surface area contributed by atoms with Crippen LogP contribution in [0.2, 0.25) is 0 Å². The highest BCUT2D eigenvalue weighted by Crippen LogP contribution is 2.10. The summed E-state index contributed by atoms with van der Waals surface area (Å²) in [4.78, 5) is 13.5. The number of amides is 2. The maximum atomic E-state index is 11.4. The zero-order chi connectivity index (χ0) is 14.1. The second-order valence-corrected chi connectivity index (χ2v) is 5.36. The number of hydrogen-bond donors (Lipinski definition) is 2. The Kier molecular flexibility index (Phi) is 7.22. The Labute approximate surface area is 123 Å². The third-order valence-electron chi connectivity index (χ3n) is 2.43. The average Bonchev–Trinajstić information content (AvgIpc) is 2.37. The lowest BCUT2D eigenvalue weighted by molar-refractivity contribution is 0.243. The fourth-order valence-electron chi connectivity index (χ4n) is 1.44. The zero-order valence-electron chi connectivity index (χ0n) is 11.3. The van der Waals surface area contributed by atoms with Crippen LogP contribution in [0, 0.1) is 0 Å². The number of rotatable bonds is 6. The average molecular weight is 326 g/mol. The summed E-state index contributed by atoms with van der Waals surface area (Å²) in [6.45, 7) is 1.64. The van der Waals surface area contributed by atoms with Gasteiger partial charge in [-0.2, -0.15) is 0 Å². The molecular weight excluding hydrogens is 306 g/mol. The predicted octanol–water partition coefficient (Wildman–Crippen LogP) is 2.67. The predicted molar refractivity (Wildman–Crippen MR) is 82.9 cm³/mol. The Morgan fingerprint density at radius 2 is 2.00 bits per heavy atom. The van der Waals surface area contributed by atoms with Gasteiger partial charge in [-0.3, -0.25) is 0 Å². The molecule has 0 atom stereocenters. The minimum Gasteiger partial charge on any atom is -0.338 e. The maximum Gasteiger partial charge on any atom is 0.318 e. The van der Waals surface area contributed by atoms with E-state index in [9.17, 15) is 4.79 Å². The van der Waals surface area contributed by atoms with Crippen LogP contribution in [0.5, 0.6) is 0 Å². The molecule has 19 heavy (non-hydrogen) atoms. The number of carbonyl (C=O) groups is 1. The summed E-state index contributed by atoms with van der Waals surface area (Å²) in [6.07, 6.45) is 4.44. The molecular formula is C14H20BrN3O. The molecule has 0 fully saturated rings. The summed E-state index contributed by atoms with van der Waals surface area (Å²) < 4.78 is 1.04.